The highest BCUT2D eigenvalue weighted by Gasteiger charge is 2.61. The number of esters is 4. The fraction of sp³-hybridized carbons (Fsp3) is 0.875. The van der Waals surface area contributed by atoms with Crippen LogP contribution < -0.4 is 0 Å². The Morgan fingerprint density at radius 3 is 1.74 bits per heavy atom. The fourth-order valence-electron chi connectivity index (χ4n) is 4.82. The van der Waals surface area contributed by atoms with E-state index in [1.807, 2.05) is 0 Å². The molecule has 2 rings (SSSR count). The zero-order valence-corrected chi connectivity index (χ0v) is 28.7. The fourth-order valence-corrected chi connectivity index (χ4v) is 4.82. The average Bonchev–Trinajstić information content (AvgIpc) is 3.29. The quantitative estimate of drug-likeness (QED) is 0.125. The Hall–Kier alpha value is -2.40. The van der Waals surface area contributed by atoms with Gasteiger partial charge < -0.3 is 53.6 Å². The van der Waals surface area contributed by atoms with Crippen molar-refractivity contribution < 1.29 is 72.8 Å². The Morgan fingerprint density at radius 1 is 0.745 bits per heavy atom. The van der Waals surface area contributed by atoms with Crippen LogP contribution in [0.5, 0.6) is 0 Å². The maximum absolute atomic E-state index is 13.2. The molecule has 0 saturated carbocycles. The van der Waals surface area contributed by atoms with E-state index in [0.717, 1.165) is 0 Å². The molecule has 4 N–H and O–H groups in total. The van der Waals surface area contributed by atoms with Crippen molar-refractivity contribution in [2.24, 2.45) is 23.7 Å². The van der Waals surface area contributed by atoms with Crippen LogP contribution in [0.2, 0.25) is 0 Å². The Labute approximate surface area is 276 Å². The average molecular weight is 679 g/mol. The summed E-state index contributed by atoms with van der Waals surface area (Å²) < 4.78 is 40.7. The molecule has 12 atom stereocenters. The van der Waals surface area contributed by atoms with Crippen molar-refractivity contribution in [2.75, 3.05) is 19.8 Å². The molecule has 0 aromatic carbocycles. The maximum atomic E-state index is 13.2. The van der Waals surface area contributed by atoms with Crippen LogP contribution in [0.3, 0.4) is 0 Å². The third kappa shape index (κ3) is 10.3. The second-order valence-corrected chi connectivity index (χ2v) is 12.8. The number of aliphatic hydroxyl groups is 4. The number of hydrogen-bond acceptors (Lipinski definition) is 15. The Morgan fingerprint density at radius 2 is 1.28 bits per heavy atom. The molecule has 0 aromatic heterocycles. The van der Waals surface area contributed by atoms with Gasteiger partial charge in [-0.05, 0) is 25.2 Å². The molecule has 2 fully saturated rings. The van der Waals surface area contributed by atoms with Gasteiger partial charge in [-0.1, -0.05) is 55.4 Å². The molecule has 3 unspecified atom stereocenters. The number of hydrogen-bond donors (Lipinski definition) is 4. The first kappa shape index (κ1) is 40.8. The maximum Gasteiger partial charge on any atom is 0.309 e. The molecular weight excluding hydrogens is 624 g/mol. The first-order chi connectivity index (χ1) is 22.1. The standard InChI is InChI=1S/C32H54O15/c1-9-17(6)28(38)41-14-21-24(44-29(39)18(7)10-2)25(43-22(35)12-16(4)5)26(45-30(40)19(8)11-3)31(42-21)47-32(15-34)27(37)23(36)20(13-33)46-32/h16-21,23-27,31,33-34,36-37H,9-15H2,1-8H3/t17?,18?,19?,20-,21-,23-,24-,25+,26-,27+,31-,32+/m1/s1. The minimum Gasteiger partial charge on any atom is -0.463 e. The number of carbonyl (C=O) groups excluding carboxylic acids is 4. The highest BCUT2D eigenvalue weighted by Crippen LogP contribution is 2.38. The molecule has 15 heteroatoms. The van der Waals surface area contributed by atoms with Gasteiger partial charge in [0.1, 0.15) is 37.6 Å². The number of rotatable bonds is 17. The van der Waals surface area contributed by atoms with E-state index in [0.29, 0.717) is 19.3 Å². The Bertz CT molecular complexity index is 1040. The van der Waals surface area contributed by atoms with Crippen molar-refractivity contribution in [3.05, 3.63) is 0 Å². The summed E-state index contributed by atoms with van der Waals surface area (Å²) in [7, 11) is 0. The molecule has 0 aliphatic carbocycles. The summed E-state index contributed by atoms with van der Waals surface area (Å²) >= 11 is 0. The molecule has 2 aliphatic heterocycles. The van der Waals surface area contributed by atoms with E-state index in [9.17, 15) is 39.6 Å². The van der Waals surface area contributed by atoms with Gasteiger partial charge in [-0.2, -0.15) is 0 Å². The van der Waals surface area contributed by atoms with Crippen molar-refractivity contribution in [1.29, 1.82) is 0 Å². The number of ether oxygens (including phenoxy) is 7. The van der Waals surface area contributed by atoms with Crippen molar-refractivity contribution in [3.8, 4) is 0 Å². The minimum atomic E-state index is -2.41. The first-order valence-electron chi connectivity index (χ1n) is 16.4. The molecule has 0 aromatic rings. The summed E-state index contributed by atoms with van der Waals surface area (Å²) in [5.74, 6) is -7.08. The second-order valence-electron chi connectivity index (χ2n) is 12.8. The monoisotopic (exact) mass is 678 g/mol. The van der Waals surface area contributed by atoms with Gasteiger partial charge in [-0.15, -0.1) is 0 Å². The molecule has 272 valence electrons. The highest BCUT2D eigenvalue weighted by molar-refractivity contribution is 5.74. The van der Waals surface area contributed by atoms with Gasteiger partial charge in [0.15, 0.2) is 18.3 Å². The van der Waals surface area contributed by atoms with Gasteiger partial charge in [0.25, 0.3) is 0 Å². The van der Waals surface area contributed by atoms with Gasteiger partial charge in [0.05, 0.1) is 24.4 Å². The molecule has 0 amide bonds. The SMILES string of the molecule is CCC(C)C(=O)OC[C@H]1O[C@H](O[C@]2(CO)O[C@H](CO)[C@@H](O)[C@@H]2O)[C@H](OC(=O)C(C)CC)[C@@H](OC(=O)CC(C)C)[C@@H]1OC(=O)C(C)CC. The second kappa shape index (κ2) is 18.4. The Kier molecular flexibility index (Phi) is 16.0. The molecule has 15 nitrogen and oxygen atoms in total. The minimum absolute atomic E-state index is 0.0681. The molecule has 0 bridgehead atoms. The normalized spacial score (nSPS) is 32.7. The van der Waals surface area contributed by atoms with Gasteiger partial charge in [-0.25, -0.2) is 0 Å². The molecule has 2 saturated heterocycles. The Balaban J connectivity index is 2.71. The van der Waals surface area contributed by atoms with Crippen LogP contribution in [0.4, 0.5) is 0 Å². The summed E-state index contributed by atoms with van der Waals surface area (Å²) in [5.41, 5.74) is 0. The van der Waals surface area contributed by atoms with Crippen molar-refractivity contribution >= 4 is 23.9 Å². The van der Waals surface area contributed by atoms with Crippen LogP contribution in [0.25, 0.3) is 0 Å². The van der Waals surface area contributed by atoms with Crippen LogP contribution >= 0.6 is 0 Å². The van der Waals surface area contributed by atoms with Gasteiger partial charge in [0, 0.05) is 6.42 Å². The van der Waals surface area contributed by atoms with Crippen molar-refractivity contribution in [3.63, 3.8) is 0 Å². The predicted octanol–water partition coefficient (Wildman–Crippen LogP) is 0.992. The van der Waals surface area contributed by atoms with Gasteiger partial charge >= 0.3 is 23.9 Å². The lowest BCUT2D eigenvalue weighted by molar-refractivity contribution is -0.384. The van der Waals surface area contributed by atoms with E-state index in [4.69, 9.17) is 33.2 Å². The van der Waals surface area contributed by atoms with Crippen LogP contribution in [-0.4, -0.2) is 119 Å². The van der Waals surface area contributed by atoms with Crippen molar-refractivity contribution in [1.82, 2.24) is 0 Å². The molecule has 2 aliphatic rings. The van der Waals surface area contributed by atoms with Gasteiger partial charge in [0.2, 0.25) is 12.1 Å². The lowest BCUT2D eigenvalue weighted by atomic mass is 9.96. The predicted molar refractivity (Wildman–Crippen MR) is 162 cm³/mol. The van der Waals surface area contributed by atoms with E-state index in [1.54, 1.807) is 55.4 Å². The topological polar surface area (TPSA) is 214 Å². The largest absolute Gasteiger partial charge is 0.463 e. The van der Waals surface area contributed by atoms with E-state index in [1.165, 1.54) is 0 Å². The number of carbonyl (C=O) groups is 4. The van der Waals surface area contributed by atoms with E-state index in [2.05, 4.69) is 0 Å². The molecule has 47 heavy (non-hydrogen) atoms. The molecule has 0 spiro atoms. The van der Waals surface area contributed by atoms with E-state index < -0.39 is 116 Å². The summed E-state index contributed by atoms with van der Waals surface area (Å²) in [6, 6.07) is 0. The first-order valence-corrected chi connectivity index (χ1v) is 16.4. The summed E-state index contributed by atoms with van der Waals surface area (Å²) in [6.07, 6.45) is -11.8. The van der Waals surface area contributed by atoms with Gasteiger partial charge in [-0.3, -0.25) is 19.2 Å². The zero-order chi connectivity index (χ0) is 35.6. The van der Waals surface area contributed by atoms with Crippen LogP contribution in [0.1, 0.15) is 81.1 Å². The molecule has 2 heterocycles. The summed E-state index contributed by atoms with van der Waals surface area (Å²) in [4.78, 5) is 52.3. The summed E-state index contributed by atoms with van der Waals surface area (Å²) in [5, 5.41) is 41.4. The zero-order valence-electron chi connectivity index (χ0n) is 28.7. The van der Waals surface area contributed by atoms with E-state index in [-0.39, 0.29) is 12.3 Å². The number of aliphatic hydroxyl groups excluding tert-OH is 4. The molecule has 0 radical (unpaired) electrons. The molecular formula is C32H54O15. The lowest BCUT2D eigenvalue weighted by Crippen LogP contribution is -2.65. The van der Waals surface area contributed by atoms with E-state index >= 15 is 0 Å². The third-order valence-electron chi connectivity index (χ3n) is 8.59. The van der Waals surface area contributed by atoms with Crippen molar-refractivity contribution in [2.45, 2.75) is 136 Å². The van der Waals surface area contributed by atoms with Crippen LogP contribution in [0, 0.1) is 23.7 Å². The summed E-state index contributed by atoms with van der Waals surface area (Å²) in [6.45, 7) is 11.4. The third-order valence-corrected chi connectivity index (χ3v) is 8.59. The van der Waals surface area contributed by atoms with Crippen LogP contribution in [0.15, 0.2) is 0 Å². The van der Waals surface area contributed by atoms with Crippen LogP contribution in [-0.2, 0) is 52.3 Å². The highest BCUT2D eigenvalue weighted by atomic mass is 16.8. The lowest BCUT2D eigenvalue weighted by Gasteiger charge is -2.46. The smallest absolute Gasteiger partial charge is 0.309 e.